The number of ether oxygens (including phenoxy) is 3. The average Bonchev–Trinajstić information content (AvgIpc) is 2.51. The molecule has 0 aliphatic carbocycles. The van der Waals surface area contributed by atoms with Gasteiger partial charge in [0.15, 0.2) is 0 Å². The number of hydrogen-bond acceptors (Lipinski definition) is 6. The Kier molecular flexibility index (Phi) is 6.76. The molecule has 7 nitrogen and oxygen atoms in total. The SMILES string of the molecule is COCCOCC(=O)Nc1ccc(N2CC(C)OC(C)C2)nc1. The molecule has 1 saturated heterocycles. The summed E-state index contributed by atoms with van der Waals surface area (Å²) >= 11 is 0. The lowest BCUT2D eigenvalue weighted by Crippen LogP contribution is -2.45. The minimum atomic E-state index is -0.204. The van der Waals surface area contributed by atoms with Crippen LogP contribution in [0.3, 0.4) is 0 Å². The Morgan fingerprint density at radius 3 is 2.70 bits per heavy atom. The van der Waals surface area contributed by atoms with Gasteiger partial charge in [0.2, 0.25) is 5.91 Å². The van der Waals surface area contributed by atoms with Crippen molar-refractivity contribution < 1.29 is 19.0 Å². The van der Waals surface area contributed by atoms with Gasteiger partial charge in [-0.05, 0) is 26.0 Å². The lowest BCUT2D eigenvalue weighted by Gasteiger charge is -2.36. The third kappa shape index (κ3) is 5.78. The predicted octanol–water partition coefficient (Wildman–Crippen LogP) is 1.30. The van der Waals surface area contributed by atoms with E-state index in [1.807, 2.05) is 12.1 Å². The van der Waals surface area contributed by atoms with E-state index in [0.29, 0.717) is 18.9 Å². The van der Waals surface area contributed by atoms with E-state index in [1.54, 1.807) is 13.3 Å². The molecule has 1 aromatic heterocycles. The lowest BCUT2D eigenvalue weighted by atomic mass is 10.2. The second-order valence-corrected chi connectivity index (χ2v) is 5.66. The Morgan fingerprint density at radius 2 is 2.09 bits per heavy atom. The monoisotopic (exact) mass is 323 g/mol. The van der Waals surface area contributed by atoms with Gasteiger partial charge in [-0.3, -0.25) is 4.79 Å². The zero-order chi connectivity index (χ0) is 16.7. The number of pyridine rings is 1. The Labute approximate surface area is 136 Å². The van der Waals surface area contributed by atoms with Gasteiger partial charge in [0.25, 0.3) is 0 Å². The molecule has 1 aliphatic rings. The molecule has 0 aromatic carbocycles. The minimum Gasteiger partial charge on any atom is -0.382 e. The molecule has 2 heterocycles. The molecule has 1 N–H and O–H groups in total. The van der Waals surface area contributed by atoms with Crippen LogP contribution in [0.1, 0.15) is 13.8 Å². The fourth-order valence-corrected chi connectivity index (χ4v) is 2.52. The highest BCUT2D eigenvalue weighted by Crippen LogP contribution is 2.19. The molecular formula is C16H25N3O4. The summed E-state index contributed by atoms with van der Waals surface area (Å²) < 4.78 is 15.7. The van der Waals surface area contributed by atoms with Crippen molar-refractivity contribution >= 4 is 17.4 Å². The van der Waals surface area contributed by atoms with Gasteiger partial charge in [0.1, 0.15) is 12.4 Å². The Balaban J connectivity index is 1.83. The van der Waals surface area contributed by atoms with Crippen LogP contribution in [0, 0.1) is 0 Å². The lowest BCUT2D eigenvalue weighted by molar-refractivity contribution is -0.121. The number of nitrogens with one attached hydrogen (secondary N) is 1. The molecule has 7 heteroatoms. The second-order valence-electron chi connectivity index (χ2n) is 5.66. The quantitative estimate of drug-likeness (QED) is 0.763. The number of aromatic nitrogens is 1. The molecule has 128 valence electrons. The molecule has 2 rings (SSSR count). The largest absolute Gasteiger partial charge is 0.382 e. The number of amides is 1. The first-order valence-corrected chi connectivity index (χ1v) is 7.81. The van der Waals surface area contributed by atoms with E-state index < -0.39 is 0 Å². The number of nitrogens with zero attached hydrogens (tertiary/aromatic N) is 2. The molecule has 1 fully saturated rings. The molecule has 0 saturated carbocycles. The second kappa shape index (κ2) is 8.81. The molecule has 1 aliphatic heterocycles. The maximum absolute atomic E-state index is 11.7. The number of morpholine rings is 1. The molecule has 0 radical (unpaired) electrons. The topological polar surface area (TPSA) is 72.9 Å². The predicted molar refractivity (Wildman–Crippen MR) is 87.8 cm³/mol. The zero-order valence-corrected chi connectivity index (χ0v) is 13.9. The fourth-order valence-electron chi connectivity index (χ4n) is 2.52. The Bertz CT molecular complexity index is 485. The van der Waals surface area contributed by atoms with Gasteiger partial charge in [-0.15, -0.1) is 0 Å². The maximum atomic E-state index is 11.7. The van der Waals surface area contributed by atoms with E-state index in [2.05, 4.69) is 29.0 Å². The zero-order valence-electron chi connectivity index (χ0n) is 13.9. The smallest absolute Gasteiger partial charge is 0.250 e. The molecular weight excluding hydrogens is 298 g/mol. The van der Waals surface area contributed by atoms with Gasteiger partial charge in [0.05, 0.1) is 37.3 Å². The van der Waals surface area contributed by atoms with E-state index in [1.165, 1.54) is 0 Å². The standard InChI is InChI=1S/C16H25N3O4/c1-12-9-19(10-13(2)23-12)15-5-4-14(8-17-15)18-16(20)11-22-7-6-21-3/h4-5,8,12-13H,6-7,9-11H2,1-3H3,(H,18,20). The van der Waals surface area contributed by atoms with Crippen molar-refractivity contribution in [3.8, 4) is 0 Å². The average molecular weight is 323 g/mol. The summed E-state index contributed by atoms with van der Waals surface area (Å²) in [5, 5.41) is 2.76. The third-order valence-electron chi connectivity index (χ3n) is 3.44. The first kappa shape index (κ1) is 17.7. The Morgan fingerprint density at radius 1 is 1.35 bits per heavy atom. The van der Waals surface area contributed by atoms with Gasteiger partial charge in [-0.1, -0.05) is 0 Å². The fraction of sp³-hybridized carbons (Fsp3) is 0.625. The van der Waals surface area contributed by atoms with Crippen LogP contribution in [0.4, 0.5) is 11.5 Å². The number of rotatable bonds is 7. The van der Waals surface area contributed by atoms with Crippen molar-refractivity contribution in [3.63, 3.8) is 0 Å². The first-order chi connectivity index (χ1) is 11.1. The number of carbonyl (C=O) groups excluding carboxylic acids is 1. The van der Waals surface area contributed by atoms with Crippen molar-refractivity contribution in [3.05, 3.63) is 18.3 Å². The van der Waals surface area contributed by atoms with Gasteiger partial charge >= 0.3 is 0 Å². The van der Waals surface area contributed by atoms with Gasteiger partial charge in [0, 0.05) is 20.2 Å². The first-order valence-electron chi connectivity index (χ1n) is 7.81. The normalized spacial score (nSPS) is 21.3. The van der Waals surface area contributed by atoms with Gasteiger partial charge < -0.3 is 24.4 Å². The number of hydrogen-bond donors (Lipinski definition) is 1. The van der Waals surface area contributed by atoms with E-state index in [9.17, 15) is 4.79 Å². The van der Waals surface area contributed by atoms with Crippen LogP contribution in [-0.2, 0) is 19.0 Å². The highest BCUT2D eigenvalue weighted by molar-refractivity contribution is 5.91. The van der Waals surface area contributed by atoms with Crippen molar-refractivity contribution in [1.82, 2.24) is 4.98 Å². The van der Waals surface area contributed by atoms with E-state index >= 15 is 0 Å². The Hall–Kier alpha value is -1.70. The highest BCUT2D eigenvalue weighted by atomic mass is 16.5. The molecule has 2 atom stereocenters. The summed E-state index contributed by atoms with van der Waals surface area (Å²) in [5.74, 6) is 0.686. The van der Waals surface area contributed by atoms with E-state index in [4.69, 9.17) is 14.2 Å². The van der Waals surface area contributed by atoms with Gasteiger partial charge in [-0.2, -0.15) is 0 Å². The third-order valence-corrected chi connectivity index (χ3v) is 3.44. The summed E-state index contributed by atoms with van der Waals surface area (Å²) in [4.78, 5) is 18.3. The minimum absolute atomic E-state index is 0.00358. The van der Waals surface area contributed by atoms with Crippen LogP contribution in [0.2, 0.25) is 0 Å². The highest BCUT2D eigenvalue weighted by Gasteiger charge is 2.22. The van der Waals surface area contributed by atoms with E-state index in [-0.39, 0.29) is 24.7 Å². The summed E-state index contributed by atoms with van der Waals surface area (Å²) in [6.45, 7) is 6.62. The van der Waals surface area contributed by atoms with Crippen LogP contribution < -0.4 is 10.2 Å². The summed E-state index contributed by atoms with van der Waals surface area (Å²) in [5.41, 5.74) is 0.656. The van der Waals surface area contributed by atoms with Crippen LogP contribution in [0.15, 0.2) is 18.3 Å². The van der Waals surface area contributed by atoms with Crippen LogP contribution >= 0.6 is 0 Å². The molecule has 1 amide bonds. The van der Waals surface area contributed by atoms with Gasteiger partial charge in [-0.25, -0.2) is 4.98 Å². The molecule has 2 unspecified atom stereocenters. The number of anilines is 2. The van der Waals surface area contributed by atoms with Crippen LogP contribution in [0.5, 0.6) is 0 Å². The van der Waals surface area contributed by atoms with Crippen molar-refractivity contribution in [1.29, 1.82) is 0 Å². The van der Waals surface area contributed by atoms with Crippen molar-refractivity contribution in [2.24, 2.45) is 0 Å². The summed E-state index contributed by atoms with van der Waals surface area (Å²) in [6.07, 6.45) is 2.03. The summed E-state index contributed by atoms with van der Waals surface area (Å²) in [7, 11) is 1.59. The molecule has 0 spiro atoms. The molecule has 0 bridgehead atoms. The molecule has 1 aromatic rings. The van der Waals surface area contributed by atoms with Crippen molar-refractivity contribution in [2.45, 2.75) is 26.1 Å². The maximum Gasteiger partial charge on any atom is 0.250 e. The van der Waals surface area contributed by atoms with E-state index in [0.717, 1.165) is 18.9 Å². The molecule has 23 heavy (non-hydrogen) atoms. The van der Waals surface area contributed by atoms with Crippen LogP contribution in [-0.4, -0.2) is 63.1 Å². The summed E-state index contributed by atoms with van der Waals surface area (Å²) in [6, 6.07) is 3.76. The number of methoxy groups -OCH3 is 1. The number of carbonyl (C=O) groups is 1. The van der Waals surface area contributed by atoms with Crippen LogP contribution in [0.25, 0.3) is 0 Å². The van der Waals surface area contributed by atoms with Crippen molar-refractivity contribution in [2.75, 3.05) is 50.2 Å².